The van der Waals surface area contributed by atoms with E-state index in [0.717, 1.165) is 6.07 Å². The zero-order chi connectivity index (χ0) is 12.5. The molecule has 1 heterocycles. The Kier molecular flexibility index (Phi) is 5.54. The van der Waals surface area contributed by atoms with Crippen molar-refractivity contribution in [1.82, 2.24) is 9.62 Å². The SMILES string of the molecule is Cl.O=S(=O)(c1cc(Br)ccc1F)N1CCNCC1. The molecule has 0 aliphatic carbocycles. The molecule has 4 nitrogen and oxygen atoms in total. The summed E-state index contributed by atoms with van der Waals surface area (Å²) in [6.07, 6.45) is 0. The lowest BCUT2D eigenvalue weighted by molar-refractivity contribution is 0.358. The van der Waals surface area contributed by atoms with Crippen LogP contribution >= 0.6 is 28.3 Å². The van der Waals surface area contributed by atoms with E-state index in [2.05, 4.69) is 21.2 Å². The number of nitrogens with one attached hydrogen (secondary N) is 1. The third kappa shape index (κ3) is 3.21. The predicted octanol–water partition coefficient (Wildman–Crippen LogP) is 1.60. The Bertz CT molecular complexity index is 521. The molecule has 1 aromatic carbocycles. The largest absolute Gasteiger partial charge is 0.314 e. The van der Waals surface area contributed by atoms with Crippen LogP contribution in [0.25, 0.3) is 0 Å². The second kappa shape index (κ2) is 6.29. The molecule has 0 aromatic heterocycles. The lowest BCUT2D eigenvalue weighted by Crippen LogP contribution is -2.46. The molecule has 0 saturated carbocycles. The molecule has 1 N–H and O–H groups in total. The van der Waals surface area contributed by atoms with Crippen LogP contribution in [0.3, 0.4) is 0 Å². The first kappa shape index (κ1) is 15.8. The van der Waals surface area contributed by atoms with Gasteiger partial charge in [0, 0.05) is 30.7 Å². The Morgan fingerprint density at radius 3 is 2.50 bits per heavy atom. The maximum absolute atomic E-state index is 13.6. The standard InChI is InChI=1S/C10H12BrFN2O2S.ClH/c11-8-1-2-9(12)10(7-8)17(15,16)14-5-3-13-4-6-14;/h1-2,7,13H,3-6H2;1H. The lowest BCUT2D eigenvalue weighted by Gasteiger charge is -2.26. The third-order valence-corrected chi connectivity index (χ3v) is 4.99. The van der Waals surface area contributed by atoms with Gasteiger partial charge in [-0.1, -0.05) is 15.9 Å². The van der Waals surface area contributed by atoms with Crippen LogP contribution in [0.4, 0.5) is 4.39 Å². The molecule has 8 heteroatoms. The molecule has 1 saturated heterocycles. The zero-order valence-corrected chi connectivity index (χ0v) is 12.6. The number of hydrogen-bond acceptors (Lipinski definition) is 3. The van der Waals surface area contributed by atoms with Crippen LogP contribution in [0.15, 0.2) is 27.6 Å². The van der Waals surface area contributed by atoms with Gasteiger partial charge in [-0.15, -0.1) is 12.4 Å². The first-order valence-electron chi connectivity index (χ1n) is 5.18. The second-order valence-corrected chi connectivity index (χ2v) is 6.55. The second-order valence-electron chi connectivity index (χ2n) is 3.73. The number of rotatable bonds is 2. The van der Waals surface area contributed by atoms with E-state index in [1.807, 2.05) is 0 Å². The van der Waals surface area contributed by atoms with Gasteiger partial charge in [-0.25, -0.2) is 12.8 Å². The molecule has 0 bridgehead atoms. The van der Waals surface area contributed by atoms with Gasteiger partial charge < -0.3 is 5.32 Å². The third-order valence-electron chi connectivity index (χ3n) is 2.59. The molecular weight excluding hydrogens is 347 g/mol. The van der Waals surface area contributed by atoms with Gasteiger partial charge in [0.05, 0.1) is 0 Å². The zero-order valence-electron chi connectivity index (χ0n) is 9.40. The molecule has 0 atom stereocenters. The van der Waals surface area contributed by atoms with Gasteiger partial charge >= 0.3 is 0 Å². The van der Waals surface area contributed by atoms with Crippen LogP contribution < -0.4 is 5.32 Å². The number of nitrogens with zero attached hydrogens (tertiary/aromatic N) is 1. The minimum atomic E-state index is -3.73. The summed E-state index contributed by atoms with van der Waals surface area (Å²) in [5, 5.41) is 3.06. The highest BCUT2D eigenvalue weighted by Gasteiger charge is 2.28. The van der Waals surface area contributed by atoms with Crippen molar-refractivity contribution in [3.63, 3.8) is 0 Å². The number of sulfonamides is 1. The average Bonchev–Trinajstić information content (AvgIpc) is 2.33. The quantitative estimate of drug-likeness (QED) is 0.873. The molecule has 0 radical (unpaired) electrons. The molecule has 1 aliphatic rings. The summed E-state index contributed by atoms with van der Waals surface area (Å²) in [6.45, 7) is 1.92. The maximum atomic E-state index is 13.6. The molecule has 0 unspecified atom stereocenters. The normalized spacial score (nSPS) is 17.2. The molecule has 102 valence electrons. The maximum Gasteiger partial charge on any atom is 0.246 e. The van der Waals surface area contributed by atoms with Crippen molar-refractivity contribution in [2.75, 3.05) is 26.2 Å². The molecule has 0 spiro atoms. The highest BCUT2D eigenvalue weighted by Crippen LogP contribution is 2.23. The van der Waals surface area contributed by atoms with Crippen LogP contribution in [0.5, 0.6) is 0 Å². The average molecular weight is 360 g/mol. The smallest absolute Gasteiger partial charge is 0.246 e. The monoisotopic (exact) mass is 358 g/mol. The highest BCUT2D eigenvalue weighted by molar-refractivity contribution is 9.10. The van der Waals surface area contributed by atoms with Gasteiger partial charge in [0.15, 0.2) is 0 Å². The van der Waals surface area contributed by atoms with E-state index in [1.165, 1.54) is 16.4 Å². The summed E-state index contributed by atoms with van der Waals surface area (Å²) < 4.78 is 39.8. The lowest BCUT2D eigenvalue weighted by atomic mass is 10.3. The van der Waals surface area contributed by atoms with Crippen LogP contribution in [0.2, 0.25) is 0 Å². The minimum absolute atomic E-state index is 0. The Morgan fingerprint density at radius 1 is 1.28 bits per heavy atom. The molecular formula is C10H13BrClFN2O2S. The van der Waals surface area contributed by atoms with Crippen molar-refractivity contribution in [1.29, 1.82) is 0 Å². The summed E-state index contributed by atoms with van der Waals surface area (Å²) >= 11 is 3.15. The Labute approximate surface area is 120 Å². The minimum Gasteiger partial charge on any atom is -0.314 e. The summed E-state index contributed by atoms with van der Waals surface area (Å²) in [6, 6.07) is 3.93. The Morgan fingerprint density at radius 2 is 1.89 bits per heavy atom. The first-order chi connectivity index (χ1) is 8.01. The topological polar surface area (TPSA) is 49.4 Å². The molecule has 1 aliphatic heterocycles. The Balaban J connectivity index is 0.00000162. The fourth-order valence-electron chi connectivity index (χ4n) is 1.70. The van der Waals surface area contributed by atoms with Crippen molar-refractivity contribution in [3.05, 3.63) is 28.5 Å². The van der Waals surface area contributed by atoms with Gasteiger partial charge in [0.2, 0.25) is 10.0 Å². The van der Waals surface area contributed by atoms with Crippen LogP contribution in [0.1, 0.15) is 0 Å². The number of hydrogen-bond donors (Lipinski definition) is 1. The van der Waals surface area contributed by atoms with E-state index in [0.29, 0.717) is 30.7 Å². The van der Waals surface area contributed by atoms with E-state index in [4.69, 9.17) is 0 Å². The summed E-state index contributed by atoms with van der Waals surface area (Å²) in [5.74, 6) is -0.716. The summed E-state index contributed by atoms with van der Waals surface area (Å²) in [5.41, 5.74) is 0. The van der Waals surface area contributed by atoms with E-state index in [-0.39, 0.29) is 17.3 Å². The number of piperazine rings is 1. The van der Waals surface area contributed by atoms with E-state index < -0.39 is 15.8 Å². The van der Waals surface area contributed by atoms with Crippen molar-refractivity contribution in [3.8, 4) is 0 Å². The van der Waals surface area contributed by atoms with Gasteiger partial charge in [0.25, 0.3) is 0 Å². The van der Waals surface area contributed by atoms with Crippen LogP contribution in [0, 0.1) is 5.82 Å². The van der Waals surface area contributed by atoms with Crippen molar-refractivity contribution < 1.29 is 12.8 Å². The van der Waals surface area contributed by atoms with Crippen LogP contribution in [-0.4, -0.2) is 38.9 Å². The summed E-state index contributed by atoms with van der Waals surface area (Å²) in [7, 11) is -3.73. The van der Waals surface area contributed by atoms with Crippen molar-refractivity contribution in [2.45, 2.75) is 4.90 Å². The fraction of sp³-hybridized carbons (Fsp3) is 0.400. The van der Waals surface area contributed by atoms with Gasteiger partial charge in [-0.3, -0.25) is 0 Å². The molecule has 1 fully saturated rings. The first-order valence-corrected chi connectivity index (χ1v) is 7.41. The molecule has 0 amide bonds. The van der Waals surface area contributed by atoms with Crippen LogP contribution in [-0.2, 0) is 10.0 Å². The highest BCUT2D eigenvalue weighted by atomic mass is 79.9. The molecule has 18 heavy (non-hydrogen) atoms. The van der Waals surface area contributed by atoms with Gasteiger partial charge in [-0.2, -0.15) is 4.31 Å². The number of halogens is 3. The van der Waals surface area contributed by atoms with Gasteiger partial charge in [-0.05, 0) is 18.2 Å². The van der Waals surface area contributed by atoms with Crippen molar-refractivity contribution >= 4 is 38.4 Å². The predicted molar refractivity (Wildman–Crippen MR) is 73.0 cm³/mol. The van der Waals surface area contributed by atoms with Crippen molar-refractivity contribution in [2.24, 2.45) is 0 Å². The Hall–Kier alpha value is -0.210. The summed E-state index contributed by atoms with van der Waals surface area (Å²) in [4.78, 5) is -0.270. The number of benzene rings is 1. The van der Waals surface area contributed by atoms with E-state index in [9.17, 15) is 12.8 Å². The van der Waals surface area contributed by atoms with E-state index in [1.54, 1.807) is 0 Å². The molecule has 2 rings (SSSR count). The fourth-order valence-corrected chi connectivity index (χ4v) is 3.74. The van der Waals surface area contributed by atoms with E-state index >= 15 is 0 Å². The molecule has 1 aromatic rings. The van der Waals surface area contributed by atoms with Gasteiger partial charge in [0.1, 0.15) is 10.7 Å².